The monoisotopic (exact) mass is 360 g/mol. The molecule has 2 aromatic rings. The fraction of sp³-hybridized carbons (Fsp3) is 0.263. The molecule has 0 heterocycles. The molecular formula is C19H21ClN2O3. The molecule has 0 saturated carbocycles. The van der Waals surface area contributed by atoms with Gasteiger partial charge < -0.3 is 15.4 Å². The van der Waals surface area contributed by atoms with Crippen molar-refractivity contribution in [1.29, 1.82) is 0 Å². The van der Waals surface area contributed by atoms with E-state index in [9.17, 15) is 9.59 Å². The molecule has 5 nitrogen and oxygen atoms in total. The van der Waals surface area contributed by atoms with Crippen LogP contribution in [0.25, 0.3) is 0 Å². The van der Waals surface area contributed by atoms with Crippen molar-refractivity contribution in [2.75, 3.05) is 10.6 Å². The Morgan fingerprint density at radius 3 is 2.32 bits per heavy atom. The van der Waals surface area contributed by atoms with E-state index in [0.717, 1.165) is 5.56 Å². The van der Waals surface area contributed by atoms with E-state index in [1.165, 1.54) is 0 Å². The van der Waals surface area contributed by atoms with Gasteiger partial charge in [-0.05, 0) is 56.7 Å². The number of aryl methyl sites for hydroxylation is 1. The van der Waals surface area contributed by atoms with Crippen molar-refractivity contribution in [2.24, 2.45) is 0 Å². The Morgan fingerprint density at radius 2 is 1.68 bits per heavy atom. The first-order valence-corrected chi connectivity index (χ1v) is 8.34. The third kappa shape index (κ3) is 5.80. The van der Waals surface area contributed by atoms with Crippen molar-refractivity contribution in [3.05, 3.63) is 53.1 Å². The maximum Gasteiger partial charge on any atom is 0.233 e. The van der Waals surface area contributed by atoms with E-state index in [4.69, 9.17) is 16.3 Å². The van der Waals surface area contributed by atoms with Gasteiger partial charge in [-0.1, -0.05) is 23.7 Å². The molecule has 0 radical (unpaired) electrons. The van der Waals surface area contributed by atoms with Gasteiger partial charge in [-0.25, -0.2) is 0 Å². The van der Waals surface area contributed by atoms with Crippen molar-refractivity contribution in [3.8, 4) is 5.75 Å². The zero-order valence-corrected chi connectivity index (χ0v) is 15.2. The molecule has 132 valence electrons. The number of rotatable bonds is 6. The van der Waals surface area contributed by atoms with Gasteiger partial charge in [0, 0.05) is 10.7 Å². The third-order valence-electron chi connectivity index (χ3n) is 3.31. The molecule has 0 fully saturated rings. The standard InChI is InChI=1S/C19H21ClN2O3/c1-12(2)25-17-7-5-4-6-16(17)22-19(24)11-18(23)21-15-9-8-14(20)10-13(15)3/h4-10,12H,11H2,1-3H3,(H,21,23)(H,22,24). The second-order valence-electron chi connectivity index (χ2n) is 5.90. The van der Waals surface area contributed by atoms with E-state index in [1.54, 1.807) is 36.4 Å². The predicted octanol–water partition coefficient (Wildman–Crippen LogP) is 4.40. The number of carbonyl (C=O) groups is 2. The molecule has 2 N–H and O–H groups in total. The molecule has 0 atom stereocenters. The van der Waals surface area contributed by atoms with E-state index in [2.05, 4.69) is 10.6 Å². The molecule has 0 aliphatic carbocycles. The maximum absolute atomic E-state index is 12.1. The third-order valence-corrected chi connectivity index (χ3v) is 3.54. The molecule has 2 aromatic carbocycles. The van der Waals surface area contributed by atoms with Crippen molar-refractivity contribution in [3.63, 3.8) is 0 Å². The average Bonchev–Trinajstić information content (AvgIpc) is 2.51. The minimum absolute atomic E-state index is 0.0192. The minimum Gasteiger partial charge on any atom is -0.489 e. The molecule has 0 bridgehead atoms. The quantitative estimate of drug-likeness (QED) is 0.750. The number of carbonyl (C=O) groups excluding carboxylic acids is 2. The summed E-state index contributed by atoms with van der Waals surface area (Å²) in [4.78, 5) is 24.2. The maximum atomic E-state index is 12.1. The minimum atomic E-state index is -0.413. The molecule has 0 unspecified atom stereocenters. The van der Waals surface area contributed by atoms with Crippen LogP contribution in [0.3, 0.4) is 0 Å². The van der Waals surface area contributed by atoms with E-state index >= 15 is 0 Å². The van der Waals surface area contributed by atoms with Gasteiger partial charge in [-0.15, -0.1) is 0 Å². The summed E-state index contributed by atoms with van der Waals surface area (Å²) in [5.74, 6) is -0.242. The van der Waals surface area contributed by atoms with Crippen LogP contribution in [0.5, 0.6) is 5.75 Å². The number of amides is 2. The Morgan fingerprint density at radius 1 is 1.04 bits per heavy atom. The van der Waals surface area contributed by atoms with Crippen LogP contribution in [-0.4, -0.2) is 17.9 Å². The summed E-state index contributed by atoms with van der Waals surface area (Å²) in [6.45, 7) is 5.64. The van der Waals surface area contributed by atoms with Gasteiger partial charge in [-0.3, -0.25) is 9.59 Å². The van der Waals surface area contributed by atoms with Crippen LogP contribution < -0.4 is 15.4 Å². The molecule has 0 aliphatic heterocycles. The predicted molar refractivity (Wildman–Crippen MR) is 100 cm³/mol. The lowest BCUT2D eigenvalue weighted by atomic mass is 10.2. The Labute approximate surface area is 152 Å². The van der Waals surface area contributed by atoms with Crippen LogP contribution in [0.2, 0.25) is 5.02 Å². The zero-order chi connectivity index (χ0) is 18.4. The highest BCUT2D eigenvalue weighted by molar-refractivity contribution is 6.30. The molecule has 2 rings (SSSR count). The van der Waals surface area contributed by atoms with Crippen LogP contribution in [0, 0.1) is 6.92 Å². The van der Waals surface area contributed by atoms with Crippen LogP contribution in [0.4, 0.5) is 11.4 Å². The van der Waals surface area contributed by atoms with Gasteiger partial charge >= 0.3 is 0 Å². The normalized spacial score (nSPS) is 10.4. The van der Waals surface area contributed by atoms with Crippen molar-refractivity contribution >= 4 is 34.8 Å². The lowest BCUT2D eigenvalue weighted by molar-refractivity contribution is -0.123. The highest BCUT2D eigenvalue weighted by atomic mass is 35.5. The summed E-state index contributed by atoms with van der Waals surface area (Å²) in [6, 6.07) is 12.3. The number of ether oxygens (including phenoxy) is 1. The summed E-state index contributed by atoms with van der Waals surface area (Å²) >= 11 is 5.89. The summed E-state index contributed by atoms with van der Waals surface area (Å²) in [5.41, 5.74) is 2.00. The number of halogens is 1. The highest BCUT2D eigenvalue weighted by Crippen LogP contribution is 2.25. The summed E-state index contributed by atoms with van der Waals surface area (Å²) < 4.78 is 5.65. The lowest BCUT2D eigenvalue weighted by Gasteiger charge is -2.15. The molecule has 25 heavy (non-hydrogen) atoms. The van der Waals surface area contributed by atoms with Gasteiger partial charge in [0.1, 0.15) is 12.2 Å². The largest absolute Gasteiger partial charge is 0.489 e. The number of nitrogens with one attached hydrogen (secondary N) is 2. The van der Waals surface area contributed by atoms with Gasteiger partial charge in [0.25, 0.3) is 0 Å². The van der Waals surface area contributed by atoms with Crippen LogP contribution >= 0.6 is 11.6 Å². The summed E-state index contributed by atoms with van der Waals surface area (Å²) in [5, 5.41) is 6.01. The summed E-state index contributed by atoms with van der Waals surface area (Å²) in [6.07, 6.45) is -0.313. The second kappa shape index (κ2) is 8.53. The fourth-order valence-corrected chi connectivity index (χ4v) is 2.46. The van der Waals surface area contributed by atoms with Crippen molar-refractivity contribution in [1.82, 2.24) is 0 Å². The average molecular weight is 361 g/mol. The van der Waals surface area contributed by atoms with Gasteiger partial charge in [0.05, 0.1) is 11.8 Å². The van der Waals surface area contributed by atoms with Crippen LogP contribution in [0.1, 0.15) is 25.8 Å². The first-order chi connectivity index (χ1) is 11.8. The number of para-hydroxylation sites is 2. The number of hydrogen-bond acceptors (Lipinski definition) is 3. The Hall–Kier alpha value is -2.53. The van der Waals surface area contributed by atoms with Crippen LogP contribution in [-0.2, 0) is 9.59 Å². The van der Waals surface area contributed by atoms with E-state index in [-0.39, 0.29) is 12.5 Å². The molecule has 0 aliphatic rings. The molecular weight excluding hydrogens is 340 g/mol. The fourth-order valence-electron chi connectivity index (χ4n) is 2.23. The van der Waals surface area contributed by atoms with Gasteiger partial charge in [-0.2, -0.15) is 0 Å². The van der Waals surface area contributed by atoms with Crippen molar-refractivity contribution in [2.45, 2.75) is 33.3 Å². The van der Waals surface area contributed by atoms with Gasteiger partial charge in [0.15, 0.2) is 0 Å². The first kappa shape index (κ1) is 18.8. The van der Waals surface area contributed by atoms with E-state index < -0.39 is 11.8 Å². The highest BCUT2D eigenvalue weighted by Gasteiger charge is 2.13. The molecule has 0 aromatic heterocycles. The SMILES string of the molecule is Cc1cc(Cl)ccc1NC(=O)CC(=O)Nc1ccccc1OC(C)C. The molecule has 0 spiro atoms. The Balaban J connectivity index is 1.97. The summed E-state index contributed by atoms with van der Waals surface area (Å²) in [7, 11) is 0. The number of anilines is 2. The Kier molecular flexibility index (Phi) is 6.42. The molecule has 2 amide bonds. The zero-order valence-electron chi connectivity index (χ0n) is 14.4. The molecule has 0 saturated heterocycles. The first-order valence-electron chi connectivity index (χ1n) is 7.96. The van der Waals surface area contributed by atoms with Gasteiger partial charge in [0.2, 0.25) is 11.8 Å². The smallest absolute Gasteiger partial charge is 0.233 e. The van der Waals surface area contributed by atoms with E-state index in [0.29, 0.717) is 22.1 Å². The number of benzene rings is 2. The molecule has 6 heteroatoms. The second-order valence-corrected chi connectivity index (χ2v) is 6.33. The lowest BCUT2D eigenvalue weighted by Crippen LogP contribution is -2.22. The number of hydrogen-bond donors (Lipinski definition) is 2. The van der Waals surface area contributed by atoms with Crippen molar-refractivity contribution < 1.29 is 14.3 Å². The Bertz CT molecular complexity index is 775. The topological polar surface area (TPSA) is 67.4 Å². The van der Waals surface area contributed by atoms with E-state index in [1.807, 2.05) is 26.8 Å². The van der Waals surface area contributed by atoms with Crippen LogP contribution in [0.15, 0.2) is 42.5 Å².